The standard InChI is InChI=1S/C18H24O4Si/c1-19-23(20-2,21-3)15-9-14-22-18-13-8-7-12-17(18)16-10-5-4-6-11-16/h4-8,10-13H,9,14-15H2,1-3H3. The number of hydrogen-bond donors (Lipinski definition) is 0. The molecule has 23 heavy (non-hydrogen) atoms. The molecule has 0 fully saturated rings. The van der Waals surface area contributed by atoms with Crippen molar-refractivity contribution in [3.8, 4) is 16.9 Å². The summed E-state index contributed by atoms with van der Waals surface area (Å²) in [6, 6.07) is 19.0. The molecule has 0 aliphatic rings. The summed E-state index contributed by atoms with van der Waals surface area (Å²) >= 11 is 0. The molecule has 124 valence electrons. The molecular formula is C18H24O4Si. The highest BCUT2D eigenvalue weighted by Gasteiger charge is 2.36. The fourth-order valence-electron chi connectivity index (χ4n) is 2.48. The first-order valence-electron chi connectivity index (χ1n) is 7.67. The summed E-state index contributed by atoms with van der Waals surface area (Å²) in [4.78, 5) is 0. The van der Waals surface area contributed by atoms with Crippen molar-refractivity contribution in [3.05, 3.63) is 54.6 Å². The molecule has 0 bridgehead atoms. The van der Waals surface area contributed by atoms with Crippen LogP contribution in [0.4, 0.5) is 0 Å². The Morgan fingerprint density at radius 3 is 2.04 bits per heavy atom. The SMILES string of the molecule is CO[Si](CCCOc1ccccc1-c1ccccc1)(OC)OC. The fraction of sp³-hybridized carbons (Fsp3) is 0.333. The largest absolute Gasteiger partial charge is 0.500 e. The zero-order valence-corrected chi connectivity index (χ0v) is 15.0. The summed E-state index contributed by atoms with van der Waals surface area (Å²) in [5.41, 5.74) is 2.25. The molecule has 0 saturated carbocycles. The van der Waals surface area contributed by atoms with Crippen LogP contribution in [0.5, 0.6) is 5.75 Å². The third-order valence-corrected chi connectivity index (χ3v) is 6.62. The van der Waals surface area contributed by atoms with Gasteiger partial charge in [-0.25, -0.2) is 0 Å². The van der Waals surface area contributed by atoms with E-state index in [0.29, 0.717) is 6.61 Å². The molecule has 0 aliphatic heterocycles. The number of ether oxygens (including phenoxy) is 1. The molecule has 4 nitrogen and oxygen atoms in total. The van der Waals surface area contributed by atoms with Crippen molar-refractivity contribution in [2.45, 2.75) is 12.5 Å². The number of rotatable bonds is 9. The molecule has 2 rings (SSSR count). The van der Waals surface area contributed by atoms with Crippen LogP contribution in [0.25, 0.3) is 11.1 Å². The van der Waals surface area contributed by atoms with Crippen molar-refractivity contribution in [1.29, 1.82) is 0 Å². The summed E-state index contributed by atoms with van der Waals surface area (Å²) in [6.07, 6.45) is 0.810. The van der Waals surface area contributed by atoms with E-state index in [4.69, 9.17) is 18.0 Å². The summed E-state index contributed by atoms with van der Waals surface area (Å²) < 4.78 is 22.2. The van der Waals surface area contributed by atoms with E-state index < -0.39 is 8.80 Å². The van der Waals surface area contributed by atoms with Gasteiger partial charge >= 0.3 is 8.80 Å². The van der Waals surface area contributed by atoms with Gasteiger partial charge in [-0.3, -0.25) is 0 Å². The Morgan fingerprint density at radius 1 is 0.783 bits per heavy atom. The average Bonchev–Trinajstić information content (AvgIpc) is 2.63. The minimum Gasteiger partial charge on any atom is -0.493 e. The Balaban J connectivity index is 1.97. The molecule has 0 heterocycles. The minimum absolute atomic E-state index is 0.592. The van der Waals surface area contributed by atoms with Gasteiger partial charge in [-0.05, 0) is 18.1 Å². The highest BCUT2D eigenvalue weighted by molar-refractivity contribution is 6.60. The van der Waals surface area contributed by atoms with Crippen molar-refractivity contribution in [1.82, 2.24) is 0 Å². The zero-order chi connectivity index (χ0) is 16.5. The predicted molar refractivity (Wildman–Crippen MR) is 93.6 cm³/mol. The Labute approximate surface area is 139 Å². The number of hydrogen-bond acceptors (Lipinski definition) is 4. The zero-order valence-electron chi connectivity index (χ0n) is 14.0. The van der Waals surface area contributed by atoms with E-state index in [2.05, 4.69) is 18.2 Å². The molecule has 0 N–H and O–H groups in total. The molecule has 0 amide bonds. The Morgan fingerprint density at radius 2 is 1.39 bits per heavy atom. The monoisotopic (exact) mass is 332 g/mol. The van der Waals surface area contributed by atoms with E-state index in [-0.39, 0.29) is 0 Å². The van der Waals surface area contributed by atoms with Crippen LogP contribution in [-0.4, -0.2) is 36.7 Å². The van der Waals surface area contributed by atoms with Gasteiger partial charge in [0.15, 0.2) is 0 Å². The van der Waals surface area contributed by atoms with Gasteiger partial charge in [-0.2, -0.15) is 0 Å². The topological polar surface area (TPSA) is 36.9 Å². The molecule has 0 aliphatic carbocycles. The predicted octanol–water partition coefficient (Wildman–Crippen LogP) is 4.00. The summed E-state index contributed by atoms with van der Waals surface area (Å²) in [7, 11) is 2.38. The molecule has 5 heteroatoms. The lowest BCUT2D eigenvalue weighted by atomic mass is 10.1. The lowest BCUT2D eigenvalue weighted by molar-refractivity contribution is 0.121. The van der Waals surface area contributed by atoms with Crippen LogP contribution in [0, 0.1) is 0 Å². The maximum absolute atomic E-state index is 5.98. The number of para-hydroxylation sites is 1. The van der Waals surface area contributed by atoms with Crippen LogP contribution in [0.2, 0.25) is 6.04 Å². The quantitative estimate of drug-likeness (QED) is 0.514. The van der Waals surface area contributed by atoms with E-state index >= 15 is 0 Å². The van der Waals surface area contributed by atoms with Gasteiger partial charge in [-0.1, -0.05) is 48.5 Å². The van der Waals surface area contributed by atoms with Gasteiger partial charge < -0.3 is 18.0 Å². The summed E-state index contributed by atoms with van der Waals surface area (Å²) in [6.45, 7) is 0.592. The maximum atomic E-state index is 5.98. The van der Waals surface area contributed by atoms with Crippen LogP contribution >= 0.6 is 0 Å². The molecule has 0 atom stereocenters. The van der Waals surface area contributed by atoms with E-state index in [1.54, 1.807) is 21.3 Å². The lowest BCUT2D eigenvalue weighted by Crippen LogP contribution is -2.42. The first-order valence-corrected chi connectivity index (χ1v) is 9.60. The van der Waals surface area contributed by atoms with Crippen molar-refractivity contribution < 1.29 is 18.0 Å². The third kappa shape index (κ3) is 4.65. The summed E-state index contributed by atoms with van der Waals surface area (Å²) in [5.74, 6) is 0.887. The second-order valence-corrected chi connectivity index (χ2v) is 8.20. The van der Waals surface area contributed by atoms with Gasteiger partial charge in [0.2, 0.25) is 0 Å². The Bertz CT molecular complexity index is 576. The molecule has 0 spiro atoms. The van der Waals surface area contributed by atoms with Gasteiger partial charge in [0.1, 0.15) is 5.75 Å². The number of benzene rings is 2. The molecule has 0 radical (unpaired) electrons. The van der Waals surface area contributed by atoms with Crippen molar-refractivity contribution in [3.63, 3.8) is 0 Å². The van der Waals surface area contributed by atoms with E-state index in [0.717, 1.165) is 29.3 Å². The van der Waals surface area contributed by atoms with Crippen molar-refractivity contribution in [2.24, 2.45) is 0 Å². The Hall–Kier alpha value is -1.66. The average molecular weight is 332 g/mol. The minimum atomic E-state index is -2.51. The van der Waals surface area contributed by atoms with Gasteiger partial charge in [0.05, 0.1) is 6.61 Å². The molecule has 0 unspecified atom stereocenters. The molecule has 2 aromatic carbocycles. The lowest BCUT2D eigenvalue weighted by Gasteiger charge is -2.24. The van der Waals surface area contributed by atoms with E-state index in [1.807, 2.05) is 36.4 Å². The third-order valence-electron chi connectivity index (χ3n) is 3.79. The van der Waals surface area contributed by atoms with Gasteiger partial charge in [0.25, 0.3) is 0 Å². The van der Waals surface area contributed by atoms with Gasteiger partial charge in [0, 0.05) is 32.9 Å². The van der Waals surface area contributed by atoms with Crippen LogP contribution in [-0.2, 0) is 13.3 Å². The highest BCUT2D eigenvalue weighted by Crippen LogP contribution is 2.29. The first-order chi connectivity index (χ1) is 11.2. The smallest absolute Gasteiger partial charge is 0.493 e. The van der Waals surface area contributed by atoms with Crippen LogP contribution in [0.1, 0.15) is 6.42 Å². The normalized spacial score (nSPS) is 11.4. The van der Waals surface area contributed by atoms with E-state index in [1.165, 1.54) is 0 Å². The van der Waals surface area contributed by atoms with Crippen molar-refractivity contribution in [2.75, 3.05) is 27.9 Å². The second-order valence-electron chi connectivity index (χ2n) is 5.11. The first kappa shape index (κ1) is 17.7. The molecule has 2 aromatic rings. The van der Waals surface area contributed by atoms with Crippen LogP contribution in [0.15, 0.2) is 54.6 Å². The van der Waals surface area contributed by atoms with Crippen LogP contribution < -0.4 is 4.74 Å². The summed E-state index contributed by atoms with van der Waals surface area (Å²) in [5, 5.41) is 0. The molecule has 0 saturated heterocycles. The van der Waals surface area contributed by atoms with Crippen LogP contribution in [0.3, 0.4) is 0 Å². The Kier molecular flexibility index (Phi) is 6.79. The maximum Gasteiger partial charge on any atom is 0.500 e. The highest BCUT2D eigenvalue weighted by atomic mass is 28.4. The molecule has 0 aromatic heterocycles. The van der Waals surface area contributed by atoms with Crippen molar-refractivity contribution >= 4 is 8.80 Å². The van der Waals surface area contributed by atoms with E-state index in [9.17, 15) is 0 Å². The molecular weight excluding hydrogens is 308 g/mol. The fourth-order valence-corrected chi connectivity index (χ4v) is 4.17. The van der Waals surface area contributed by atoms with Gasteiger partial charge in [-0.15, -0.1) is 0 Å². The second kappa shape index (κ2) is 8.84.